The molecule has 1 aliphatic rings. The molecule has 2 aromatic carbocycles. The van der Waals surface area contributed by atoms with Gasteiger partial charge in [0.25, 0.3) is 5.91 Å². The van der Waals surface area contributed by atoms with Crippen molar-refractivity contribution < 1.29 is 18.8 Å². The fraction of sp³-hybridized carbons (Fsp3) is 0.350. The number of carbonyl (C=O) groups excluding carboxylic acids is 1. The summed E-state index contributed by atoms with van der Waals surface area (Å²) in [6, 6.07) is 11.8. The number of ether oxygens (including phenoxy) is 1. The second-order valence-electron chi connectivity index (χ2n) is 6.68. The monoisotopic (exact) mass is 392 g/mol. The van der Waals surface area contributed by atoms with E-state index in [2.05, 4.69) is 22.3 Å². The number of halogens is 2. The normalized spacial score (nSPS) is 16.1. The van der Waals surface area contributed by atoms with Gasteiger partial charge in [-0.2, -0.15) is 0 Å². The molecule has 2 N–H and O–H groups in total. The van der Waals surface area contributed by atoms with Crippen LogP contribution in [0.1, 0.15) is 6.92 Å². The molecule has 7 heteroatoms. The van der Waals surface area contributed by atoms with Crippen LogP contribution in [0.25, 0.3) is 0 Å². The Morgan fingerprint density at radius 1 is 1.22 bits per heavy atom. The van der Waals surface area contributed by atoms with Crippen LogP contribution in [0.4, 0.5) is 15.8 Å². The number of piperazine rings is 1. The first-order chi connectivity index (χ1) is 13.0. The standard InChI is InChI=1S/C20H23ClFN3O2/c1-14(20(26)23-19-8-3-15(22)13-18(19)21)24-9-11-25(12-10-24)16-4-6-17(27-2)7-5-16/h3-8,13-14H,9-12H2,1-2H3,(H,23,26)/p+1/t14-/m1/s1. The molecule has 0 radical (unpaired) electrons. The Morgan fingerprint density at radius 3 is 2.48 bits per heavy atom. The van der Waals surface area contributed by atoms with Gasteiger partial charge in [0, 0.05) is 5.69 Å². The van der Waals surface area contributed by atoms with E-state index in [9.17, 15) is 9.18 Å². The van der Waals surface area contributed by atoms with E-state index in [0.717, 1.165) is 37.6 Å². The summed E-state index contributed by atoms with van der Waals surface area (Å²) in [6.45, 7) is 5.37. The van der Waals surface area contributed by atoms with Crippen LogP contribution in [-0.4, -0.2) is 45.2 Å². The Kier molecular flexibility index (Phi) is 6.19. The minimum Gasteiger partial charge on any atom is -0.497 e. The molecular formula is C20H24ClFN3O2+. The zero-order chi connectivity index (χ0) is 19.4. The van der Waals surface area contributed by atoms with Crippen LogP contribution in [0.2, 0.25) is 5.02 Å². The highest BCUT2D eigenvalue weighted by atomic mass is 35.5. The van der Waals surface area contributed by atoms with Crippen LogP contribution < -0.4 is 19.9 Å². The number of anilines is 2. The van der Waals surface area contributed by atoms with Crippen molar-refractivity contribution in [2.45, 2.75) is 13.0 Å². The number of methoxy groups -OCH3 is 1. The van der Waals surface area contributed by atoms with Crippen LogP contribution in [0, 0.1) is 5.82 Å². The molecule has 1 saturated heterocycles. The summed E-state index contributed by atoms with van der Waals surface area (Å²) < 4.78 is 18.3. The Labute approximate surface area is 163 Å². The quantitative estimate of drug-likeness (QED) is 0.820. The number of rotatable bonds is 5. The van der Waals surface area contributed by atoms with Crippen LogP contribution in [0.3, 0.4) is 0 Å². The van der Waals surface area contributed by atoms with E-state index in [0.29, 0.717) is 5.69 Å². The van der Waals surface area contributed by atoms with E-state index in [4.69, 9.17) is 16.3 Å². The molecule has 5 nitrogen and oxygen atoms in total. The van der Waals surface area contributed by atoms with E-state index < -0.39 is 5.82 Å². The predicted molar refractivity (Wildman–Crippen MR) is 105 cm³/mol. The van der Waals surface area contributed by atoms with Crippen molar-refractivity contribution in [1.29, 1.82) is 0 Å². The molecule has 1 aliphatic heterocycles. The number of amides is 1. The molecule has 0 bridgehead atoms. The van der Waals surface area contributed by atoms with Gasteiger partial charge in [0.05, 0.1) is 44.0 Å². The molecule has 0 aromatic heterocycles. The van der Waals surface area contributed by atoms with Gasteiger partial charge in [-0.1, -0.05) is 11.6 Å². The first kappa shape index (κ1) is 19.5. The van der Waals surface area contributed by atoms with Gasteiger partial charge in [0.15, 0.2) is 6.04 Å². The lowest BCUT2D eigenvalue weighted by atomic mass is 10.2. The second kappa shape index (κ2) is 8.59. The maximum Gasteiger partial charge on any atom is 0.282 e. The summed E-state index contributed by atoms with van der Waals surface area (Å²) in [5, 5.41) is 3.01. The SMILES string of the molecule is COc1ccc(N2CC[NH+]([C@H](C)C(=O)Nc3ccc(F)cc3Cl)CC2)cc1. The van der Waals surface area contributed by atoms with Crippen molar-refractivity contribution in [3.8, 4) is 5.75 Å². The highest BCUT2D eigenvalue weighted by molar-refractivity contribution is 6.33. The van der Waals surface area contributed by atoms with Gasteiger partial charge in [-0.25, -0.2) is 4.39 Å². The Bertz CT molecular complexity index is 792. The molecule has 1 fully saturated rings. The van der Waals surface area contributed by atoms with E-state index in [1.165, 1.54) is 23.1 Å². The average Bonchev–Trinajstić information content (AvgIpc) is 2.69. The molecule has 1 heterocycles. The van der Waals surface area contributed by atoms with Crippen molar-refractivity contribution in [2.75, 3.05) is 43.5 Å². The molecule has 144 valence electrons. The molecule has 27 heavy (non-hydrogen) atoms. The Balaban J connectivity index is 1.55. The average molecular weight is 393 g/mol. The topological polar surface area (TPSA) is 46.0 Å². The fourth-order valence-electron chi connectivity index (χ4n) is 3.30. The predicted octanol–water partition coefficient (Wildman–Crippen LogP) is 2.22. The first-order valence-electron chi connectivity index (χ1n) is 8.97. The van der Waals surface area contributed by atoms with Gasteiger partial charge in [0.1, 0.15) is 11.6 Å². The van der Waals surface area contributed by atoms with Crippen LogP contribution in [-0.2, 0) is 4.79 Å². The van der Waals surface area contributed by atoms with E-state index >= 15 is 0 Å². The van der Waals surface area contributed by atoms with E-state index in [-0.39, 0.29) is 17.0 Å². The lowest BCUT2D eigenvalue weighted by Gasteiger charge is -2.36. The Hall–Kier alpha value is -2.31. The minimum absolute atomic E-state index is 0.114. The third kappa shape index (κ3) is 4.70. The highest BCUT2D eigenvalue weighted by Crippen LogP contribution is 2.22. The van der Waals surface area contributed by atoms with Crippen LogP contribution in [0.15, 0.2) is 42.5 Å². The van der Waals surface area contributed by atoms with Crippen LogP contribution >= 0.6 is 11.6 Å². The van der Waals surface area contributed by atoms with Crippen molar-refractivity contribution in [3.05, 3.63) is 53.3 Å². The summed E-state index contributed by atoms with van der Waals surface area (Å²) >= 11 is 6.00. The number of hydrogen-bond acceptors (Lipinski definition) is 3. The zero-order valence-corrected chi connectivity index (χ0v) is 16.2. The summed E-state index contributed by atoms with van der Waals surface area (Å²) in [5.41, 5.74) is 1.59. The maximum atomic E-state index is 13.1. The minimum atomic E-state index is -0.425. The molecule has 3 rings (SSSR count). The smallest absolute Gasteiger partial charge is 0.282 e. The Morgan fingerprint density at radius 2 is 1.89 bits per heavy atom. The van der Waals surface area contributed by atoms with Gasteiger partial charge >= 0.3 is 0 Å². The number of nitrogens with one attached hydrogen (secondary N) is 2. The molecule has 0 saturated carbocycles. The number of quaternary nitrogens is 1. The lowest BCUT2D eigenvalue weighted by molar-refractivity contribution is -0.914. The number of nitrogens with zero attached hydrogens (tertiary/aromatic N) is 1. The maximum absolute atomic E-state index is 13.1. The van der Waals surface area contributed by atoms with Crippen molar-refractivity contribution in [2.24, 2.45) is 0 Å². The largest absolute Gasteiger partial charge is 0.497 e. The van der Waals surface area contributed by atoms with E-state index in [1.807, 2.05) is 19.1 Å². The van der Waals surface area contributed by atoms with Gasteiger partial charge in [0.2, 0.25) is 0 Å². The van der Waals surface area contributed by atoms with Gasteiger partial charge < -0.3 is 19.9 Å². The number of benzene rings is 2. The summed E-state index contributed by atoms with van der Waals surface area (Å²) in [5.74, 6) is 0.301. The zero-order valence-electron chi connectivity index (χ0n) is 15.5. The molecule has 1 atom stereocenters. The molecule has 0 spiro atoms. The van der Waals surface area contributed by atoms with Crippen molar-refractivity contribution in [3.63, 3.8) is 0 Å². The molecule has 1 amide bonds. The molecule has 0 aliphatic carbocycles. The van der Waals surface area contributed by atoms with E-state index in [1.54, 1.807) is 7.11 Å². The lowest BCUT2D eigenvalue weighted by Crippen LogP contribution is -3.19. The van der Waals surface area contributed by atoms with Crippen molar-refractivity contribution >= 4 is 28.9 Å². The third-order valence-electron chi connectivity index (χ3n) is 5.04. The fourth-order valence-corrected chi connectivity index (χ4v) is 3.51. The van der Waals surface area contributed by atoms with Gasteiger partial charge in [-0.3, -0.25) is 4.79 Å². The summed E-state index contributed by atoms with van der Waals surface area (Å²) in [7, 11) is 1.66. The summed E-state index contributed by atoms with van der Waals surface area (Å²) in [6.07, 6.45) is 0. The van der Waals surface area contributed by atoms with Crippen molar-refractivity contribution in [1.82, 2.24) is 0 Å². The molecular weight excluding hydrogens is 369 g/mol. The third-order valence-corrected chi connectivity index (χ3v) is 5.35. The summed E-state index contributed by atoms with van der Waals surface area (Å²) in [4.78, 5) is 16.1. The number of carbonyl (C=O) groups is 1. The van der Waals surface area contributed by atoms with Crippen LogP contribution in [0.5, 0.6) is 5.75 Å². The van der Waals surface area contributed by atoms with Gasteiger partial charge in [-0.15, -0.1) is 0 Å². The molecule has 2 aromatic rings. The number of hydrogen-bond donors (Lipinski definition) is 2. The highest BCUT2D eigenvalue weighted by Gasteiger charge is 2.29. The van der Waals surface area contributed by atoms with Gasteiger partial charge in [-0.05, 0) is 49.4 Å². The molecule has 0 unspecified atom stereocenters. The first-order valence-corrected chi connectivity index (χ1v) is 9.35. The second-order valence-corrected chi connectivity index (χ2v) is 7.09.